The predicted octanol–water partition coefficient (Wildman–Crippen LogP) is 4.40. The zero-order valence-electron chi connectivity index (χ0n) is 13.1. The molecule has 0 bridgehead atoms. The summed E-state index contributed by atoms with van der Waals surface area (Å²) in [5.74, 6) is 0.937. The summed E-state index contributed by atoms with van der Waals surface area (Å²) in [5, 5.41) is 5.07. The molecule has 0 N–H and O–H groups in total. The fourth-order valence-electron chi connectivity index (χ4n) is 3.46. The van der Waals surface area contributed by atoms with Crippen LogP contribution < -0.4 is 0 Å². The van der Waals surface area contributed by atoms with Crippen molar-refractivity contribution in [3.8, 4) is 0 Å². The third-order valence-electron chi connectivity index (χ3n) is 4.61. The van der Waals surface area contributed by atoms with Crippen molar-refractivity contribution in [2.45, 2.75) is 65.3 Å². The lowest BCUT2D eigenvalue weighted by Crippen LogP contribution is -2.40. The Morgan fingerprint density at radius 3 is 2.60 bits per heavy atom. The summed E-state index contributed by atoms with van der Waals surface area (Å²) in [7, 11) is 0. The molecule has 0 aliphatic heterocycles. The zero-order chi connectivity index (χ0) is 15.1. The van der Waals surface area contributed by atoms with Crippen LogP contribution in [0.5, 0.6) is 0 Å². The van der Waals surface area contributed by atoms with E-state index in [0.29, 0.717) is 23.1 Å². The molecule has 4 heteroatoms. The highest BCUT2D eigenvalue weighted by Crippen LogP contribution is 2.43. The van der Waals surface area contributed by atoms with Gasteiger partial charge in [-0.1, -0.05) is 32.4 Å². The van der Waals surface area contributed by atoms with E-state index >= 15 is 0 Å². The Hall–Kier alpha value is -0.830. The number of nitrogens with zero attached hydrogens (tertiary/aromatic N) is 2. The van der Waals surface area contributed by atoms with Crippen LogP contribution in [0.25, 0.3) is 0 Å². The molecule has 20 heavy (non-hydrogen) atoms. The van der Waals surface area contributed by atoms with Crippen LogP contribution >= 0.6 is 11.6 Å². The summed E-state index contributed by atoms with van der Waals surface area (Å²) in [4.78, 5) is 12.5. The molecule has 0 amide bonds. The van der Waals surface area contributed by atoms with E-state index < -0.39 is 0 Å². The van der Waals surface area contributed by atoms with Gasteiger partial charge < -0.3 is 0 Å². The Balaban J connectivity index is 2.40. The summed E-state index contributed by atoms with van der Waals surface area (Å²) in [5.41, 5.74) is 0.733. The van der Waals surface area contributed by atoms with Crippen LogP contribution in [0.4, 0.5) is 0 Å². The molecule has 1 saturated carbocycles. The average Bonchev–Trinajstić information content (AvgIpc) is 2.71. The van der Waals surface area contributed by atoms with Crippen LogP contribution in [-0.4, -0.2) is 15.6 Å². The Bertz CT molecular complexity index is 505. The molecule has 0 aromatic carbocycles. The van der Waals surface area contributed by atoms with Gasteiger partial charge in [-0.05, 0) is 32.6 Å². The van der Waals surface area contributed by atoms with Crippen molar-refractivity contribution in [3.05, 3.63) is 16.9 Å². The van der Waals surface area contributed by atoms with Gasteiger partial charge in [0.05, 0.1) is 16.9 Å². The Morgan fingerprint density at radius 2 is 2.05 bits per heavy atom. The van der Waals surface area contributed by atoms with Crippen LogP contribution in [0, 0.1) is 11.8 Å². The van der Waals surface area contributed by atoms with Crippen LogP contribution in [0.3, 0.4) is 0 Å². The monoisotopic (exact) mass is 296 g/mol. The van der Waals surface area contributed by atoms with Gasteiger partial charge in [0, 0.05) is 23.8 Å². The highest BCUT2D eigenvalue weighted by molar-refractivity contribution is 6.31. The lowest BCUT2D eigenvalue weighted by molar-refractivity contribution is -0.128. The number of carbonyl (C=O) groups is 1. The number of hydrogen-bond acceptors (Lipinski definition) is 2. The minimum absolute atomic E-state index is 0.0467. The van der Waals surface area contributed by atoms with Crippen molar-refractivity contribution in [1.82, 2.24) is 9.78 Å². The maximum atomic E-state index is 12.5. The lowest BCUT2D eigenvalue weighted by Gasteiger charge is -2.38. The molecule has 1 aliphatic carbocycles. The van der Waals surface area contributed by atoms with Crippen molar-refractivity contribution in [2.75, 3.05) is 0 Å². The molecule has 0 radical (unpaired) electrons. The molecule has 1 aromatic rings. The minimum Gasteiger partial charge on any atom is -0.299 e. The highest BCUT2D eigenvalue weighted by atomic mass is 35.5. The van der Waals surface area contributed by atoms with Gasteiger partial charge in [-0.2, -0.15) is 5.10 Å². The maximum absolute atomic E-state index is 12.5. The van der Waals surface area contributed by atoms with Gasteiger partial charge in [-0.25, -0.2) is 0 Å². The number of carbonyl (C=O) groups excluding carboxylic acids is 1. The molecule has 112 valence electrons. The molecule has 2 rings (SSSR count). The minimum atomic E-state index is -0.269. The molecular weight excluding hydrogens is 272 g/mol. The smallest absolute Gasteiger partial charge is 0.137 e. The van der Waals surface area contributed by atoms with Crippen LogP contribution in [0.2, 0.25) is 5.02 Å². The summed E-state index contributed by atoms with van der Waals surface area (Å²) in [6.07, 6.45) is 4.47. The number of halogens is 1. The second kappa shape index (κ2) is 5.51. The number of ketones is 1. The average molecular weight is 297 g/mol. The normalized spacial score (nSPS) is 24.4. The zero-order valence-corrected chi connectivity index (χ0v) is 13.9. The number of rotatable bonds is 3. The number of Topliss-reactive ketones (excluding diaryl/α,β-unsaturated/α-hetero) is 1. The van der Waals surface area contributed by atoms with Gasteiger partial charge in [0.15, 0.2) is 0 Å². The third-order valence-corrected chi connectivity index (χ3v) is 4.88. The fraction of sp³-hybridized carbons (Fsp3) is 0.750. The van der Waals surface area contributed by atoms with E-state index in [1.54, 1.807) is 6.20 Å². The summed E-state index contributed by atoms with van der Waals surface area (Å²) < 4.78 is 1.97. The largest absolute Gasteiger partial charge is 0.299 e. The predicted molar refractivity (Wildman–Crippen MR) is 82.2 cm³/mol. The first-order valence-electron chi connectivity index (χ1n) is 7.51. The number of aromatic nitrogens is 2. The molecule has 3 nitrogen and oxygen atoms in total. The molecule has 1 fully saturated rings. The van der Waals surface area contributed by atoms with E-state index in [2.05, 4.69) is 39.7 Å². The van der Waals surface area contributed by atoms with E-state index in [-0.39, 0.29) is 17.4 Å². The Labute approximate surface area is 126 Å². The van der Waals surface area contributed by atoms with Crippen LogP contribution in [0.15, 0.2) is 6.20 Å². The molecular formula is C16H25ClN2O. The maximum Gasteiger partial charge on any atom is 0.137 e. The lowest BCUT2D eigenvalue weighted by atomic mass is 9.66. The van der Waals surface area contributed by atoms with E-state index in [1.165, 1.54) is 0 Å². The van der Waals surface area contributed by atoms with Crippen molar-refractivity contribution in [3.63, 3.8) is 0 Å². The molecule has 0 spiro atoms. The van der Waals surface area contributed by atoms with E-state index in [0.717, 1.165) is 18.5 Å². The van der Waals surface area contributed by atoms with Gasteiger partial charge in [0.1, 0.15) is 5.78 Å². The summed E-state index contributed by atoms with van der Waals surface area (Å²) >= 11 is 6.37. The van der Waals surface area contributed by atoms with Gasteiger partial charge in [0.25, 0.3) is 0 Å². The third kappa shape index (κ3) is 2.65. The molecule has 1 heterocycles. The molecule has 2 unspecified atom stereocenters. The molecule has 1 aromatic heterocycles. The summed E-state index contributed by atoms with van der Waals surface area (Å²) in [6, 6.07) is 0.245. The van der Waals surface area contributed by atoms with Gasteiger partial charge in [-0.15, -0.1) is 0 Å². The first-order chi connectivity index (χ1) is 9.25. The van der Waals surface area contributed by atoms with Crippen LogP contribution in [0.1, 0.15) is 65.6 Å². The van der Waals surface area contributed by atoms with Crippen LogP contribution in [-0.2, 0) is 10.2 Å². The van der Waals surface area contributed by atoms with Gasteiger partial charge >= 0.3 is 0 Å². The summed E-state index contributed by atoms with van der Waals surface area (Å²) in [6.45, 7) is 10.6. The van der Waals surface area contributed by atoms with Crippen molar-refractivity contribution in [1.29, 1.82) is 0 Å². The fourth-order valence-corrected chi connectivity index (χ4v) is 3.84. The molecule has 2 atom stereocenters. The van der Waals surface area contributed by atoms with Gasteiger partial charge in [0.2, 0.25) is 0 Å². The van der Waals surface area contributed by atoms with E-state index in [4.69, 9.17) is 11.6 Å². The first kappa shape index (κ1) is 15.6. The van der Waals surface area contributed by atoms with E-state index in [1.807, 2.05) is 4.68 Å². The Morgan fingerprint density at radius 1 is 1.40 bits per heavy atom. The van der Waals surface area contributed by atoms with Gasteiger partial charge in [-0.3, -0.25) is 9.48 Å². The van der Waals surface area contributed by atoms with Crippen molar-refractivity contribution in [2.24, 2.45) is 11.8 Å². The molecule has 1 aliphatic rings. The van der Waals surface area contributed by atoms with Crippen molar-refractivity contribution >= 4 is 17.4 Å². The second-order valence-electron chi connectivity index (χ2n) is 7.01. The number of hydrogen-bond donors (Lipinski definition) is 0. The van der Waals surface area contributed by atoms with Crippen molar-refractivity contribution < 1.29 is 4.79 Å². The Kier molecular flexibility index (Phi) is 4.29. The SMILES string of the molecule is CC1CCC(C(C)(C)c2c(Cl)cnn2C(C)C)C(=O)C1. The van der Waals surface area contributed by atoms with E-state index in [9.17, 15) is 4.79 Å². The highest BCUT2D eigenvalue weighted by Gasteiger charge is 2.42. The molecule has 0 saturated heterocycles. The first-order valence-corrected chi connectivity index (χ1v) is 7.89. The standard InChI is InChI=1S/C16H25ClN2O/c1-10(2)19-15(13(17)9-18-19)16(4,5)12-7-6-11(3)8-14(12)20/h9-12H,6-8H2,1-5H3. The quantitative estimate of drug-likeness (QED) is 0.828. The topological polar surface area (TPSA) is 34.9 Å². The second-order valence-corrected chi connectivity index (χ2v) is 7.41.